The number of hydrogen-bond acceptors (Lipinski definition) is 3. The molecule has 0 aliphatic heterocycles. The van der Waals surface area contributed by atoms with Gasteiger partial charge in [0, 0.05) is 12.1 Å². The number of nitriles is 1. The van der Waals surface area contributed by atoms with Crippen molar-refractivity contribution in [2.75, 3.05) is 14.1 Å². The van der Waals surface area contributed by atoms with Crippen LogP contribution in [0, 0.1) is 17.2 Å². The second kappa shape index (κ2) is 5.59. The quantitative estimate of drug-likeness (QED) is 0.835. The molecular formula is C15H27N3. The van der Waals surface area contributed by atoms with Crippen LogP contribution in [0.15, 0.2) is 0 Å². The van der Waals surface area contributed by atoms with E-state index < -0.39 is 0 Å². The molecule has 3 nitrogen and oxygen atoms in total. The Morgan fingerprint density at radius 3 is 2.33 bits per heavy atom. The predicted octanol–water partition coefficient (Wildman–Crippen LogP) is 2.53. The highest BCUT2D eigenvalue weighted by atomic mass is 15.2. The largest absolute Gasteiger partial charge is 0.302 e. The standard InChI is InChI=1S/C15H27N3/c1-12-4-6-13(7-5-12)18(3)14-8-9-15(10-14,11-16)17-2/h12-14,17H,4-10H2,1-3H3. The van der Waals surface area contributed by atoms with Crippen LogP contribution in [0.4, 0.5) is 0 Å². The molecule has 0 amide bonds. The van der Waals surface area contributed by atoms with Gasteiger partial charge in [-0.3, -0.25) is 0 Å². The Bertz CT molecular complexity index is 314. The van der Waals surface area contributed by atoms with Gasteiger partial charge in [-0.25, -0.2) is 0 Å². The van der Waals surface area contributed by atoms with E-state index in [0.717, 1.165) is 31.2 Å². The van der Waals surface area contributed by atoms with E-state index in [4.69, 9.17) is 0 Å². The molecule has 2 unspecified atom stereocenters. The van der Waals surface area contributed by atoms with Crippen LogP contribution in [0.2, 0.25) is 0 Å². The summed E-state index contributed by atoms with van der Waals surface area (Å²) < 4.78 is 0. The van der Waals surface area contributed by atoms with Crippen molar-refractivity contribution < 1.29 is 0 Å². The molecule has 0 radical (unpaired) electrons. The van der Waals surface area contributed by atoms with E-state index in [0.29, 0.717) is 6.04 Å². The first-order valence-electron chi connectivity index (χ1n) is 7.42. The Morgan fingerprint density at radius 2 is 1.83 bits per heavy atom. The predicted molar refractivity (Wildman–Crippen MR) is 74.2 cm³/mol. The molecule has 0 saturated heterocycles. The van der Waals surface area contributed by atoms with Crippen LogP contribution in [0.25, 0.3) is 0 Å². The fourth-order valence-electron chi connectivity index (χ4n) is 3.70. The highest BCUT2D eigenvalue weighted by molar-refractivity contribution is 5.13. The average molecular weight is 249 g/mol. The van der Waals surface area contributed by atoms with Gasteiger partial charge in [0.15, 0.2) is 0 Å². The van der Waals surface area contributed by atoms with Gasteiger partial charge in [0.25, 0.3) is 0 Å². The minimum atomic E-state index is -0.263. The fraction of sp³-hybridized carbons (Fsp3) is 0.933. The lowest BCUT2D eigenvalue weighted by molar-refractivity contribution is 0.122. The van der Waals surface area contributed by atoms with Crippen LogP contribution in [0.3, 0.4) is 0 Å². The number of rotatable bonds is 3. The Balaban J connectivity index is 1.91. The van der Waals surface area contributed by atoms with Crippen LogP contribution in [-0.2, 0) is 0 Å². The van der Waals surface area contributed by atoms with E-state index in [1.165, 1.54) is 25.7 Å². The zero-order chi connectivity index (χ0) is 13.2. The van der Waals surface area contributed by atoms with Crippen molar-refractivity contribution in [3.8, 4) is 6.07 Å². The summed E-state index contributed by atoms with van der Waals surface area (Å²) in [5.41, 5.74) is -0.263. The summed E-state index contributed by atoms with van der Waals surface area (Å²) in [4.78, 5) is 2.57. The minimum Gasteiger partial charge on any atom is -0.302 e. The van der Waals surface area contributed by atoms with Gasteiger partial charge in [0.05, 0.1) is 6.07 Å². The molecule has 2 atom stereocenters. The maximum absolute atomic E-state index is 9.33. The smallest absolute Gasteiger partial charge is 0.108 e. The monoisotopic (exact) mass is 249 g/mol. The molecule has 0 aromatic rings. The molecule has 1 N–H and O–H groups in total. The van der Waals surface area contributed by atoms with E-state index in [9.17, 15) is 5.26 Å². The van der Waals surface area contributed by atoms with Crippen molar-refractivity contribution in [3.05, 3.63) is 0 Å². The zero-order valence-corrected chi connectivity index (χ0v) is 12.1. The highest BCUT2D eigenvalue weighted by Gasteiger charge is 2.41. The first-order valence-corrected chi connectivity index (χ1v) is 7.42. The van der Waals surface area contributed by atoms with Crippen molar-refractivity contribution in [3.63, 3.8) is 0 Å². The molecular weight excluding hydrogens is 222 g/mol. The van der Waals surface area contributed by atoms with Crippen LogP contribution < -0.4 is 5.32 Å². The molecule has 0 bridgehead atoms. The fourth-order valence-corrected chi connectivity index (χ4v) is 3.70. The maximum atomic E-state index is 9.33. The van der Waals surface area contributed by atoms with Crippen molar-refractivity contribution in [2.45, 2.75) is 69.5 Å². The second-order valence-electron chi connectivity index (χ2n) is 6.42. The average Bonchev–Trinajstić information content (AvgIpc) is 2.84. The molecule has 2 rings (SSSR count). The van der Waals surface area contributed by atoms with Crippen molar-refractivity contribution >= 4 is 0 Å². The van der Waals surface area contributed by atoms with Gasteiger partial charge in [0.1, 0.15) is 5.54 Å². The summed E-state index contributed by atoms with van der Waals surface area (Å²) in [6.45, 7) is 2.37. The summed E-state index contributed by atoms with van der Waals surface area (Å²) in [5, 5.41) is 12.6. The summed E-state index contributed by atoms with van der Waals surface area (Å²) in [6, 6.07) is 3.82. The molecule has 0 aromatic carbocycles. The van der Waals surface area contributed by atoms with Gasteiger partial charge in [-0.05, 0) is 65.0 Å². The van der Waals surface area contributed by atoms with Crippen LogP contribution in [-0.4, -0.2) is 36.6 Å². The van der Waals surface area contributed by atoms with Gasteiger partial charge in [-0.2, -0.15) is 5.26 Å². The SMILES string of the molecule is CNC1(C#N)CCC(N(C)C2CCC(C)CC2)C1. The maximum Gasteiger partial charge on any atom is 0.108 e. The van der Waals surface area contributed by atoms with Crippen LogP contribution in [0.5, 0.6) is 0 Å². The second-order valence-corrected chi connectivity index (χ2v) is 6.42. The Hall–Kier alpha value is -0.590. The van der Waals surface area contributed by atoms with E-state index >= 15 is 0 Å². The Kier molecular flexibility index (Phi) is 4.29. The van der Waals surface area contributed by atoms with E-state index in [-0.39, 0.29) is 5.54 Å². The molecule has 0 aromatic heterocycles. The summed E-state index contributed by atoms with van der Waals surface area (Å²) in [6.07, 6.45) is 8.58. The highest BCUT2D eigenvalue weighted by Crippen LogP contribution is 2.35. The third-order valence-electron chi connectivity index (χ3n) is 5.32. The molecule has 3 heteroatoms. The van der Waals surface area contributed by atoms with Gasteiger partial charge >= 0.3 is 0 Å². The van der Waals surface area contributed by atoms with E-state index in [2.05, 4.69) is 30.3 Å². The number of hydrogen-bond donors (Lipinski definition) is 1. The molecule has 18 heavy (non-hydrogen) atoms. The van der Waals surface area contributed by atoms with Crippen LogP contribution >= 0.6 is 0 Å². The first-order chi connectivity index (χ1) is 8.60. The van der Waals surface area contributed by atoms with Crippen molar-refractivity contribution in [2.24, 2.45) is 5.92 Å². The van der Waals surface area contributed by atoms with Crippen molar-refractivity contribution in [1.29, 1.82) is 5.26 Å². The molecule has 2 aliphatic rings. The van der Waals surface area contributed by atoms with E-state index in [1.807, 2.05) is 7.05 Å². The molecule has 2 saturated carbocycles. The van der Waals surface area contributed by atoms with Gasteiger partial charge in [0.2, 0.25) is 0 Å². The summed E-state index contributed by atoms with van der Waals surface area (Å²) in [5.74, 6) is 0.911. The minimum absolute atomic E-state index is 0.263. The Labute approximate surface area is 112 Å². The Morgan fingerprint density at radius 1 is 1.17 bits per heavy atom. The van der Waals surface area contributed by atoms with Gasteiger partial charge in [-0.15, -0.1) is 0 Å². The molecule has 102 valence electrons. The lowest BCUT2D eigenvalue weighted by Crippen LogP contribution is -2.44. The van der Waals surface area contributed by atoms with Gasteiger partial charge in [-0.1, -0.05) is 6.92 Å². The lowest BCUT2D eigenvalue weighted by Gasteiger charge is -2.37. The third-order valence-corrected chi connectivity index (χ3v) is 5.32. The first kappa shape index (κ1) is 13.8. The lowest BCUT2D eigenvalue weighted by atomic mass is 9.86. The van der Waals surface area contributed by atoms with Gasteiger partial charge < -0.3 is 10.2 Å². The normalized spacial score (nSPS) is 40.9. The third kappa shape index (κ3) is 2.70. The summed E-state index contributed by atoms with van der Waals surface area (Å²) >= 11 is 0. The topological polar surface area (TPSA) is 39.1 Å². The molecule has 0 heterocycles. The van der Waals surface area contributed by atoms with E-state index in [1.54, 1.807) is 0 Å². The number of nitrogens with one attached hydrogen (secondary N) is 1. The van der Waals surface area contributed by atoms with Crippen LogP contribution in [0.1, 0.15) is 51.9 Å². The molecule has 2 aliphatic carbocycles. The van der Waals surface area contributed by atoms with Crippen molar-refractivity contribution in [1.82, 2.24) is 10.2 Å². The zero-order valence-electron chi connectivity index (χ0n) is 12.1. The summed E-state index contributed by atoms with van der Waals surface area (Å²) in [7, 11) is 4.20. The molecule has 2 fully saturated rings. The number of nitrogens with zero attached hydrogens (tertiary/aromatic N) is 2. The molecule has 0 spiro atoms.